The van der Waals surface area contributed by atoms with Gasteiger partial charge in [0.1, 0.15) is 0 Å². The monoisotopic (exact) mass is 329 g/mol. The molecule has 1 fully saturated rings. The summed E-state index contributed by atoms with van der Waals surface area (Å²) >= 11 is 0. The predicted molar refractivity (Wildman–Crippen MR) is 88.8 cm³/mol. The second-order valence-corrected chi connectivity index (χ2v) is 6.37. The predicted octanol–water partition coefficient (Wildman–Crippen LogP) is -0.789. The van der Waals surface area contributed by atoms with Gasteiger partial charge in [-0.2, -0.15) is 0 Å². The Bertz CT molecular complexity index is 745. The van der Waals surface area contributed by atoms with E-state index in [0.29, 0.717) is 5.56 Å². The van der Waals surface area contributed by atoms with E-state index >= 15 is 0 Å². The van der Waals surface area contributed by atoms with Gasteiger partial charge in [-0.15, -0.1) is 0 Å². The van der Waals surface area contributed by atoms with Crippen molar-refractivity contribution in [1.29, 1.82) is 0 Å². The van der Waals surface area contributed by atoms with Crippen molar-refractivity contribution in [2.45, 2.75) is 19.8 Å². The Morgan fingerprint density at radius 1 is 1.25 bits per heavy atom. The highest BCUT2D eigenvalue weighted by atomic mass is 16.4. The number of aromatic carboxylic acids is 1. The normalized spacial score (nSPS) is 15.8. The highest BCUT2D eigenvalue weighted by Crippen LogP contribution is 2.23. The fraction of sp³-hybridized carbons (Fsp3) is 0.444. The molecule has 0 aliphatic carbocycles. The Kier molecular flexibility index (Phi) is 4.85. The average Bonchev–Trinajstić information content (AvgIpc) is 2.95. The van der Waals surface area contributed by atoms with Crippen molar-refractivity contribution in [2.75, 3.05) is 32.7 Å². The van der Waals surface area contributed by atoms with Gasteiger partial charge in [-0.3, -0.25) is 4.79 Å². The standard InChI is InChI=1S/C18H23N3O3/c1-2-7-20-8-10-21(11-9-20)16(22)12-14-13-5-3-4-6-15(13)19-17(14)18(23)24/h3-6,19H,2,7-12H2,1H3,(H,23,24). The van der Waals surface area contributed by atoms with Crippen molar-refractivity contribution in [1.82, 2.24) is 9.88 Å². The molecular formula is C18H23N3O3. The third-order valence-corrected chi connectivity index (χ3v) is 4.77. The highest BCUT2D eigenvalue weighted by Gasteiger charge is 2.25. The Labute approximate surface area is 141 Å². The first kappa shape index (κ1) is 16.5. The number of nitrogens with zero attached hydrogens (tertiary/aromatic N) is 1. The topological polar surface area (TPSA) is 80.7 Å². The molecule has 2 aromatic rings. The van der Waals surface area contributed by atoms with Crippen LogP contribution in [-0.2, 0) is 11.2 Å². The van der Waals surface area contributed by atoms with E-state index < -0.39 is 5.97 Å². The number of carbonyl (C=O) groups excluding carboxylic acids is 2. The first-order valence-electron chi connectivity index (χ1n) is 8.52. The molecule has 2 N–H and O–H groups in total. The molecule has 1 saturated heterocycles. The van der Waals surface area contributed by atoms with Gasteiger partial charge in [0.25, 0.3) is 0 Å². The molecule has 0 spiro atoms. The number of aromatic nitrogens is 1. The third-order valence-electron chi connectivity index (χ3n) is 4.77. The maximum absolute atomic E-state index is 12.6. The van der Waals surface area contributed by atoms with Gasteiger partial charge < -0.3 is 24.7 Å². The molecule has 128 valence electrons. The molecule has 1 aromatic carbocycles. The molecule has 0 bridgehead atoms. The number of aromatic amines is 1. The fourth-order valence-electron chi connectivity index (χ4n) is 3.50. The van der Waals surface area contributed by atoms with Crippen LogP contribution in [0.3, 0.4) is 0 Å². The van der Waals surface area contributed by atoms with E-state index in [4.69, 9.17) is 0 Å². The number of nitrogens with one attached hydrogen (secondary N) is 2. The van der Waals surface area contributed by atoms with Gasteiger partial charge in [0.2, 0.25) is 5.91 Å². The van der Waals surface area contributed by atoms with Crippen LogP contribution in [0, 0.1) is 0 Å². The number of carboxylic acids is 1. The molecule has 1 amide bonds. The van der Waals surface area contributed by atoms with Crippen LogP contribution in [0.15, 0.2) is 24.3 Å². The summed E-state index contributed by atoms with van der Waals surface area (Å²) in [4.78, 5) is 30.3. The van der Waals surface area contributed by atoms with Crippen molar-refractivity contribution >= 4 is 22.8 Å². The van der Waals surface area contributed by atoms with Gasteiger partial charge >= 0.3 is 0 Å². The highest BCUT2D eigenvalue weighted by molar-refractivity contribution is 5.99. The second-order valence-electron chi connectivity index (χ2n) is 6.37. The number of amides is 1. The molecule has 1 aliphatic heterocycles. The number of carbonyl (C=O) groups is 2. The number of piperazine rings is 1. The van der Waals surface area contributed by atoms with Gasteiger partial charge in [0.05, 0.1) is 50.8 Å². The number of benzene rings is 1. The lowest BCUT2D eigenvalue weighted by Gasteiger charge is -2.32. The molecule has 2 heterocycles. The summed E-state index contributed by atoms with van der Waals surface area (Å²) in [5.41, 5.74) is 1.26. The second kappa shape index (κ2) is 7.05. The lowest BCUT2D eigenvalue weighted by Crippen LogP contribution is -3.14. The summed E-state index contributed by atoms with van der Waals surface area (Å²) in [5.74, 6) is -1.29. The van der Waals surface area contributed by atoms with Crippen LogP contribution < -0.4 is 10.0 Å². The Balaban J connectivity index is 1.76. The smallest absolute Gasteiger partial charge is 0.227 e. The van der Waals surface area contributed by atoms with Crippen LogP contribution in [0.2, 0.25) is 0 Å². The van der Waals surface area contributed by atoms with Crippen molar-refractivity contribution in [3.8, 4) is 0 Å². The number of rotatable bonds is 5. The Hall–Kier alpha value is -2.34. The number of hydrogen-bond acceptors (Lipinski definition) is 3. The number of H-pyrrole nitrogens is 1. The van der Waals surface area contributed by atoms with Gasteiger partial charge in [0, 0.05) is 10.9 Å². The van der Waals surface area contributed by atoms with E-state index in [2.05, 4.69) is 11.9 Å². The van der Waals surface area contributed by atoms with Gasteiger partial charge in [0.15, 0.2) is 0 Å². The van der Waals surface area contributed by atoms with Crippen molar-refractivity contribution in [2.24, 2.45) is 0 Å². The Morgan fingerprint density at radius 2 is 1.96 bits per heavy atom. The summed E-state index contributed by atoms with van der Waals surface area (Å²) in [6.07, 6.45) is 1.24. The van der Waals surface area contributed by atoms with Gasteiger partial charge in [-0.25, -0.2) is 0 Å². The molecule has 0 saturated carbocycles. The molecule has 0 radical (unpaired) electrons. The molecule has 6 heteroatoms. The van der Waals surface area contributed by atoms with E-state index in [9.17, 15) is 14.7 Å². The molecule has 24 heavy (non-hydrogen) atoms. The van der Waals surface area contributed by atoms with Crippen LogP contribution in [0.25, 0.3) is 10.9 Å². The van der Waals surface area contributed by atoms with Crippen LogP contribution in [0.5, 0.6) is 0 Å². The average molecular weight is 329 g/mol. The van der Waals surface area contributed by atoms with Crippen LogP contribution in [0.4, 0.5) is 0 Å². The number of carboxylic acid groups (broad SMARTS) is 1. The minimum absolute atomic E-state index is 0.0137. The fourth-order valence-corrected chi connectivity index (χ4v) is 3.50. The van der Waals surface area contributed by atoms with Crippen molar-refractivity contribution < 1.29 is 19.6 Å². The zero-order valence-electron chi connectivity index (χ0n) is 13.9. The first-order valence-corrected chi connectivity index (χ1v) is 8.52. The van der Waals surface area contributed by atoms with Crippen molar-refractivity contribution in [3.63, 3.8) is 0 Å². The summed E-state index contributed by atoms with van der Waals surface area (Å²) in [5, 5.41) is 12.2. The lowest BCUT2D eigenvalue weighted by molar-refractivity contribution is -0.904. The first-order chi connectivity index (χ1) is 11.6. The maximum Gasteiger partial charge on any atom is 0.227 e. The number of para-hydroxylation sites is 1. The molecule has 0 unspecified atom stereocenters. The van der Waals surface area contributed by atoms with Crippen molar-refractivity contribution in [3.05, 3.63) is 35.5 Å². The molecule has 1 aliphatic rings. The van der Waals surface area contributed by atoms with Gasteiger partial charge in [-0.05, 0) is 18.1 Å². The van der Waals surface area contributed by atoms with E-state index in [-0.39, 0.29) is 18.0 Å². The van der Waals surface area contributed by atoms with Crippen LogP contribution in [-0.4, -0.2) is 54.5 Å². The molecule has 3 rings (SSSR count). The minimum Gasteiger partial charge on any atom is -0.543 e. The third kappa shape index (κ3) is 3.28. The summed E-state index contributed by atoms with van der Waals surface area (Å²) in [6, 6.07) is 7.32. The zero-order valence-corrected chi connectivity index (χ0v) is 13.9. The van der Waals surface area contributed by atoms with E-state index in [0.717, 1.165) is 50.0 Å². The lowest BCUT2D eigenvalue weighted by atomic mass is 10.1. The molecule has 1 aromatic heterocycles. The summed E-state index contributed by atoms with van der Waals surface area (Å²) in [6.45, 7) is 6.69. The largest absolute Gasteiger partial charge is 0.543 e. The van der Waals surface area contributed by atoms with Crippen LogP contribution >= 0.6 is 0 Å². The SMILES string of the molecule is CCC[NH+]1CCN(C(=O)Cc2c(C(=O)[O-])[nH]c3ccccc23)CC1. The maximum atomic E-state index is 12.6. The number of hydrogen-bond donors (Lipinski definition) is 2. The molecule has 6 nitrogen and oxygen atoms in total. The summed E-state index contributed by atoms with van der Waals surface area (Å²) < 4.78 is 0. The van der Waals surface area contributed by atoms with E-state index in [1.54, 1.807) is 0 Å². The zero-order chi connectivity index (χ0) is 17.1. The number of fused-ring (bicyclic) bond motifs is 1. The minimum atomic E-state index is -1.27. The van der Waals surface area contributed by atoms with E-state index in [1.807, 2.05) is 29.2 Å². The van der Waals surface area contributed by atoms with E-state index in [1.165, 1.54) is 4.90 Å². The van der Waals surface area contributed by atoms with Gasteiger partial charge in [-0.1, -0.05) is 25.1 Å². The van der Waals surface area contributed by atoms with Crippen LogP contribution in [0.1, 0.15) is 29.4 Å². The number of quaternary nitrogens is 1. The molecular weight excluding hydrogens is 306 g/mol. The Morgan fingerprint density at radius 3 is 2.62 bits per heavy atom. The summed E-state index contributed by atoms with van der Waals surface area (Å²) in [7, 11) is 0. The quantitative estimate of drug-likeness (QED) is 0.754. The molecule has 0 atom stereocenters.